The Bertz CT molecular complexity index is 804. The topological polar surface area (TPSA) is 58.5 Å². The van der Waals surface area contributed by atoms with Crippen molar-refractivity contribution in [2.45, 2.75) is 32.5 Å². The molecule has 6 heteroatoms. The van der Waals surface area contributed by atoms with Gasteiger partial charge in [0, 0.05) is 25.6 Å². The van der Waals surface area contributed by atoms with Gasteiger partial charge in [-0.3, -0.25) is 0 Å². The van der Waals surface area contributed by atoms with E-state index in [1.165, 1.54) is 12.1 Å². The van der Waals surface area contributed by atoms with Crippen LogP contribution in [-0.2, 0) is 19.5 Å². The second kappa shape index (κ2) is 4.66. The molecule has 3 aromatic rings. The fourth-order valence-electron chi connectivity index (χ4n) is 3.07. The standard InChI is InChI=1S/C15H16FN5/c1-2-21-14-4-3-9(16)5-11(14)20-15(21)12-6-10-13(7-17-12)19-8-18-10/h3-5,8,12,17H,2,6-7H2,1H3,(H,18,19). The molecule has 2 aromatic heterocycles. The molecule has 108 valence electrons. The Kier molecular flexibility index (Phi) is 2.78. The lowest BCUT2D eigenvalue weighted by Gasteiger charge is -2.23. The van der Waals surface area contributed by atoms with E-state index >= 15 is 0 Å². The predicted octanol–water partition coefficient (Wildman–Crippen LogP) is 2.31. The quantitative estimate of drug-likeness (QED) is 0.759. The first-order chi connectivity index (χ1) is 10.3. The van der Waals surface area contributed by atoms with Crippen LogP contribution in [0.1, 0.15) is 30.2 Å². The number of aryl methyl sites for hydroxylation is 1. The van der Waals surface area contributed by atoms with Crippen molar-refractivity contribution in [1.82, 2.24) is 24.8 Å². The van der Waals surface area contributed by atoms with Crippen LogP contribution in [-0.4, -0.2) is 19.5 Å². The summed E-state index contributed by atoms with van der Waals surface area (Å²) in [5.41, 5.74) is 3.90. The largest absolute Gasteiger partial charge is 0.347 e. The third-order valence-corrected chi connectivity index (χ3v) is 4.10. The van der Waals surface area contributed by atoms with Crippen LogP contribution in [0.4, 0.5) is 4.39 Å². The lowest BCUT2D eigenvalue weighted by molar-refractivity contribution is 0.452. The lowest BCUT2D eigenvalue weighted by atomic mass is 10.0. The van der Waals surface area contributed by atoms with Crippen molar-refractivity contribution < 1.29 is 4.39 Å². The maximum Gasteiger partial charge on any atom is 0.127 e. The van der Waals surface area contributed by atoms with Gasteiger partial charge in [-0.2, -0.15) is 0 Å². The molecule has 0 bridgehead atoms. The zero-order valence-corrected chi connectivity index (χ0v) is 11.7. The minimum Gasteiger partial charge on any atom is -0.347 e. The average molecular weight is 285 g/mol. The number of benzene rings is 1. The number of nitrogens with one attached hydrogen (secondary N) is 2. The van der Waals surface area contributed by atoms with E-state index in [4.69, 9.17) is 0 Å². The molecule has 5 nitrogen and oxygen atoms in total. The highest BCUT2D eigenvalue weighted by Crippen LogP contribution is 2.27. The molecular weight excluding hydrogens is 269 g/mol. The lowest BCUT2D eigenvalue weighted by Crippen LogP contribution is -2.30. The van der Waals surface area contributed by atoms with Crippen molar-refractivity contribution in [3.05, 3.63) is 47.6 Å². The molecule has 0 amide bonds. The van der Waals surface area contributed by atoms with Crippen molar-refractivity contribution in [1.29, 1.82) is 0 Å². The fraction of sp³-hybridized carbons (Fsp3) is 0.333. The van der Waals surface area contributed by atoms with Crippen LogP contribution in [0.25, 0.3) is 11.0 Å². The van der Waals surface area contributed by atoms with Gasteiger partial charge in [0.2, 0.25) is 0 Å². The molecule has 2 N–H and O–H groups in total. The van der Waals surface area contributed by atoms with E-state index in [2.05, 4.69) is 31.8 Å². The van der Waals surface area contributed by atoms with Gasteiger partial charge in [-0.1, -0.05) is 0 Å². The molecular formula is C15H16FN5. The number of rotatable bonds is 2. The summed E-state index contributed by atoms with van der Waals surface area (Å²) >= 11 is 0. The number of fused-ring (bicyclic) bond motifs is 2. The number of imidazole rings is 2. The third-order valence-electron chi connectivity index (χ3n) is 4.10. The highest BCUT2D eigenvalue weighted by molar-refractivity contribution is 5.76. The molecule has 1 aromatic carbocycles. The Morgan fingerprint density at radius 1 is 1.43 bits per heavy atom. The number of aromatic amines is 1. The molecule has 0 radical (unpaired) electrons. The highest BCUT2D eigenvalue weighted by atomic mass is 19.1. The zero-order chi connectivity index (χ0) is 14.4. The van der Waals surface area contributed by atoms with Crippen LogP contribution in [0.15, 0.2) is 24.5 Å². The zero-order valence-electron chi connectivity index (χ0n) is 11.7. The smallest absolute Gasteiger partial charge is 0.127 e. The Morgan fingerprint density at radius 3 is 3.19 bits per heavy atom. The Morgan fingerprint density at radius 2 is 2.33 bits per heavy atom. The van der Waals surface area contributed by atoms with E-state index in [9.17, 15) is 4.39 Å². The van der Waals surface area contributed by atoms with Crippen LogP contribution >= 0.6 is 0 Å². The van der Waals surface area contributed by atoms with E-state index in [0.717, 1.165) is 42.2 Å². The second-order valence-electron chi connectivity index (χ2n) is 5.31. The molecule has 0 spiro atoms. The molecule has 0 fully saturated rings. The van der Waals surface area contributed by atoms with E-state index < -0.39 is 0 Å². The number of aromatic nitrogens is 4. The predicted molar refractivity (Wildman–Crippen MR) is 77.2 cm³/mol. The summed E-state index contributed by atoms with van der Waals surface area (Å²) in [6.45, 7) is 3.64. The summed E-state index contributed by atoms with van der Waals surface area (Å²) in [6.07, 6.45) is 2.53. The summed E-state index contributed by atoms with van der Waals surface area (Å²) < 4.78 is 15.5. The normalized spacial score (nSPS) is 18.1. The Labute approximate surface area is 121 Å². The molecule has 4 rings (SSSR count). The number of hydrogen-bond acceptors (Lipinski definition) is 3. The maximum atomic E-state index is 13.4. The first-order valence-corrected chi connectivity index (χ1v) is 7.16. The molecule has 1 aliphatic rings. The minimum atomic E-state index is -0.249. The first kappa shape index (κ1) is 12.5. The number of halogens is 1. The maximum absolute atomic E-state index is 13.4. The molecule has 21 heavy (non-hydrogen) atoms. The van der Waals surface area contributed by atoms with Gasteiger partial charge in [-0.25, -0.2) is 14.4 Å². The highest BCUT2D eigenvalue weighted by Gasteiger charge is 2.25. The van der Waals surface area contributed by atoms with E-state index in [0.29, 0.717) is 5.52 Å². The molecule has 1 aliphatic heterocycles. The number of hydrogen-bond donors (Lipinski definition) is 2. The molecule has 0 saturated heterocycles. The molecule has 3 heterocycles. The van der Waals surface area contributed by atoms with Crippen molar-refractivity contribution in [3.63, 3.8) is 0 Å². The van der Waals surface area contributed by atoms with Crippen molar-refractivity contribution in [3.8, 4) is 0 Å². The first-order valence-electron chi connectivity index (χ1n) is 7.16. The fourth-order valence-corrected chi connectivity index (χ4v) is 3.07. The summed E-state index contributed by atoms with van der Waals surface area (Å²) in [4.78, 5) is 12.2. The monoisotopic (exact) mass is 285 g/mol. The Balaban J connectivity index is 1.80. The summed E-state index contributed by atoms with van der Waals surface area (Å²) in [5.74, 6) is 0.702. The van der Waals surface area contributed by atoms with Crippen LogP contribution in [0.5, 0.6) is 0 Å². The summed E-state index contributed by atoms with van der Waals surface area (Å²) in [6, 6.07) is 4.89. The summed E-state index contributed by atoms with van der Waals surface area (Å²) in [5, 5.41) is 3.48. The SMILES string of the molecule is CCn1c(C2Cc3nc[nH]c3CN2)nc2cc(F)ccc21. The van der Waals surface area contributed by atoms with E-state index in [-0.39, 0.29) is 11.9 Å². The number of H-pyrrole nitrogens is 1. The van der Waals surface area contributed by atoms with Crippen molar-refractivity contribution in [2.24, 2.45) is 0 Å². The number of nitrogens with zero attached hydrogens (tertiary/aromatic N) is 3. The van der Waals surface area contributed by atoms with Crippen LogP contribution in [0.2, 0.25) is 0 Å². The molecule has 0 aliphatic carbocycles. The van der Waals surface area contributed by atoms with Gasteiger partial charge in [-0.15, -0.1) is 0 Å². The van der Waals surface area contributed by atoms with Crippen LogP contribution in [0.3, 0.4) is 0 Å². The Hall–Kier alpha value is -2.21. The van der Waals surface area contributed by atoms with Gasteiger partial charge in [0.15, 0.2) is 0 Å². The van der Waals surface area contributed by atoms with Gasteiger partial charge in [-0.05, 0) is 19.1 Å². The summed E-state index contributed by atoms with van der Waals surface area (Å²) in [7, 11) is 0. The van der Waals surface area contributed by atoms with E-state index in [1.54, 1.807) is 12.4 Å². The van der Waals surface area contributed by atoms with Gasteiger partial charge in [0.1, 0.15) is 11.6 Å². The molecule has 1 atom stereocenters. The van der Waals surface area contributed by atoms with Crippen molar-refractivity contribution in [2.75, 3.05) is 0 Å². The molecule has 1 unspecified atom stereocenters. The van der Waals surface area contributed by atoms with Gasteiger partial charge >= 0.3 is 0 Å². The van der Waals surface area contributed by atoms with Crippen molar-refractivity contribution >= 4 is 11.0 Å². The van der Waals surface area contributed by atoms with Gasteiger partial charge in [0.25, 0.3) is 0 Å². The average Bonchev–Trinajstić information content (AvgIpc) is 3.09. The van der Waals surface area contributed by atoms with E-state index in [1.807, 2.05) is 0 Å². The third kappa shape index (κ3) is 1.94. The van der Waals surface area contributed by atoms with Crippen LogP contribution in [0, 0.1) is 5.82 Å². The van der Waals surface area contributed by atoms with Crippen LogP contribution < -0.4 is 5.32 Å². The minimum absolute atomic E-state index is 0.108. The molecule has 0 saturated carbocycles. The van der Waals surface area contributed by atoms with Gasteiger partial charge < -0.3 is 14.9 Å². The second-order valence-corrected chi connectivity index (χ2v) is 5.31. The van der Waals surface area contributed by atoms with Gasteiger partial charge in [0.05, 0.1) is 34.8 Å².